The monoisotopic (exact) mass is 310 g/mol. The number of rotatable bonds is 4. The van der Waals surface area contributed by atoms with E-state index in [1.165, 1.54) is 11.3 Å². The van der Waals surface area contributed by atoms with Gasteiger partial charge in [0.15, 0.2) is 6.29 Å². The molecular formula is C14H19BO3S2. The lowest BCUT2D eigenvalue weighted by Gasteiger charge is -2.32. The van der Waals surface area contributed by atoms with Crippen LogP contribution in [0.25, 0.3) is 6.08 Å². The molecule has 1 aliphatic rings. The average molecular weight is 310 g/mol. The third kappa shape index (κ3) is 3.03. The number of thiol groups is 1. The Kier molecular flexibility index (Phi) is 4.49. The van der Waals surface area contributed by atoms with E-state index in [0.717, 1.165) is 16.6 Å². The fraction of sp³-hybridized carbons (Fsp3) is 0.500. The molecule has 0 aromatic carbocycles. The lowest BCUT2D eigenvalue weighted by atomic mass is 9.79. The molecule has 0 N–H and O–H groups in total. The van der Waals surface area contributed by atoms with Crippen LogP contribution in [0.1, 0.15) is 42.2 Å². The Hall–Kier alpha value is -0.555. The Morgan fingerprint density at radius 1 is 1.25 bits per heavy atom. The first-order valence-electron chi connectivity index (χ1n) is 6.51. The Morgan fingerprint density at radius 2 is 1.80 bits per heavy atom. The molecule has 0 unspecified atom stereocenters. The van der Waals surface area contributed by atoms with Gasteiger partial charge in [0.1, 0.15) is 0 Å². The van der Waals surface area contributed by atoms with Crippen LogP contribution in [0.3, 0.4) is 0 Å². The van der Waals surface area contributed by atoms with Crippen LogP contribution in [0.4, 0.5) is 0 Å². The van der Waals surface area contributed by atoms with Crippen molar-refractivity contribution in [3.63, 3.8) is 0 Å². The van der Waals surface area contributed by atoms with E-state index >= 15 is 0 Å². The molecule has 0 atom stereocenters. The highest BCUT2D eigenvalue weighted by Crippen LogP contribution is 2.39. The second-order valence-electron chi connectivity index (χ2n) is 5.82. The van der Waals surface area contributed by atoms with Crippen LogP contribution in [0.15, 0.2) is 17.6 Å². The van der Waals surface area contributed by atoms with Crippen molar-refractivity contribution in [2.45, 2.75) is 38.9 Å². The van der Waals surface area contributed by atoms with E-state index in [9.17, 15) is 4.79 Å². The summed E-state index contributed by atoms with van der Waals surface area (Å²) in [5.41, 5.74) is 0.248. The van der Waals surface area contributed by atoms with E-state index in [2.05, 4.69) is 12.6 Å². The quantitative estimate of drug-likeness (QED) is 0.525. The molecule has 1 aromatic heterocycles. The first-order valence-corrected chi connectivity index (χ1v) is 7.96. The van der Waals surface area contributed by atoms with Crippen molar-refractivity contribution in [1.82, 2.24) is 0 Å². The van der Waals surface area contributed by atoms with E-state index in [4.69, 9.17) is 9.31 Å². The van der Waals surface area contributed by atoms with Gasteiger partial charge in [-0.3, -0.25) is 4.79 Å². The summed E-state index contributed by atoms with van der Waals surface area (Å²) in [5, 5.41) is 0. The molecule has 2 heterocycles. The zero-order chi connectivity index (χ0) is 15.0. The lowest BCUT2D eigenvalue weighted by Crippen LogP contribution is -2.41. The molecule has 0 aliphatic carbocycles. The van der Waals surface area contributed by atoms with Gasteiger partial charge in [-0.05, 0) is 51.4 Å². The van der Waals surface area contributed by atoms with Gasteiger partial charge in [-0.2, -0.15) is 12.6 Å². The van der Waals surface area contributed by atoms with Gasteiger partial charge in [-0.25, -0.2) is 0 Å². The summed E-state index contributed by atoms with van der Waals surface area (Å²) in [6.45, 7) is 8.11. The molecule has 0 spiro atoms. The summed E-state index contributed by atoms with van der Waals surface area (Å²) in [6, 6.07) is 3.73. The maximum Gasteiger partial charge on any atom is 0.491 e. The van der Waals surface area contributed by atoms with Crippen LogP contribution >= 0.6 is 24.0 Å². The maximum atomic E-state index is 10.7. The summed E-state index contributed by atoms with van der Waals surface area (Å²) in [6.07, 6.45) is 2.85. The van der Waals surface area contributed by atoms with Crippen molar-refractivity contribution in [3.05, 3.63) is 27.4 Å². The summed E-state index contributed by atoms with van der Waals surface area (Å²) in [7, 11) is -0.390. The lowest BCUT2D eigenvalue weighted by molar-refractivity contribution is 0.00578. The highest BCUT2D eigenvalue weighted by Gasteiger charge is 2.52. The van der Waals surface area contributed by atoms with Crippen molar-refractivity contribution in [1.29, 1.82) is 0 Å². The number of hydrogen-bond donors (Lipinski definition) is 1. The van der Waals surface area contributed by atoms with Crippen molar-refractivity contribution < 1.29 is 14.1 Å². The summed E-state index contributed by atoms with van der Waals surface area (Å²) in [4.78, 5) is 12.4. The Bertz CT molecular complexity index is 518. The molecule has 6 heteroatoms. The van der Waals surface area contributed by atoms with Gasteiger partial charge in [-0.1, -0.05) is 0 Å². The van der Waals surface area contributed by atoms with Gasteiger partial charge in [0.25, 0.3) is 0 Å². The standard InChI is InChI=1S/C14H19BO3S2/c1-13(2)14(3,4)18-15(17-13)10(9-19)7-11-5-6-12(8-16)20-11/h5-8,19H,9H2,1-4H3. The van der Waals surface area contributed by atoms with Gasteiger partial charge >= 0.3 is 7.12 Å². The second-order valence-corrected chi connectivity index (χ2v) is 7.29. The van der Waals surface area contributed by atoms with Gasteiger partial charge in [0.2, 0.25) is 0 Å². The molecule has 2 rings (SSSR count). The van der Waals surface area contributed by atoms with Gasteiger partial charge < -0.3 is 9.31 Å². The molecule has 0 amide bonds. The maximum absolute atomic E-state index is 10.7. The third-order valence-corrected chi connectivity index (χ3v) is 5.15. The molecule has 3 nitrogen and oxygen atoms in total. The van der Waals surface area contributed by atoms with Gasteiger partial charge in [0.05, 0.1) is 16.1 Å². The minimum atomic E-state index is -0.390. The van der Waals surface area contributed by atoms with Crippen LogP contribution in [-0.4, -0.2) is 30.4 Å². The molecule has 1 aliphatic heterocycles. The zero-order valence-corrected chi connectivity index (χ0v) is 13.9. The first kappa shape index (κ1) is 15.8. The Balaban J connectivity index is 2.23. The minimum Gasteiger partial charge on any atom is -0.400 e. The fourth-order valence-corrected chi connectivity index (χ4v) is 2.92. The van der Waals surface area contributed by atoms with Crippen LogP contribution in [0, 0.1) is 0 Å². The number of carbonyl (C=O) groups excluding carboxylic acids is 1. The van der Waals surface area contributed by atoms with Crippen LogP contribution in [0.5, 0.6) is 0 Å². The first-order chi connectivity index (χ1) is 9.29. The fourth-order valence-electron chi connectivity index (χ4n) is 1.87. The molecule has 20 heavy (non-hydrogen) atoms. The van der Waals surface area contributed by atoms with Crippen LogP contribution < -0.4 is 0 Å². The molecule has 0 saturated carbocycles. The molecule has 1 fully saturated rings. The highest BCUT2D eigenvalue weighted by atomic mass is 32.1. The molecule has 1 saturated heterocycles. The van der Waals surface area contributed by atoms with Gasteiger partial charge in [-0.15, -0.1) is 11.3 Å². The topological polar surface area (TPSA) is 35.5 Å². The van der Waals surface area contributed by atoms with E-state index in [1.54, 1.807) is 0 Å². The second kappa shape index (κ2) is 5.68. The van der Waals surface area contributed by atoms with E-state index in [1.807, 2.05) is 45.9 Å². The van der Waals surface area contributed by atoms with E-state index in [0.29, 0.717) is 10.6 Å². The Morgan fingerprint density at radius 3 is 2.25 bits per heavy atom. The average Bonchev–Trinajstić information content (AvgIpc) is 2.89. The number of hydrogen-bond acceptors (Lipinski definition) is 5. The van der Waals surface area contributed by atoms with E-state index in [-0.39, 0.29) is 18.3 Å². The number of thiophene rings is 1. The van der Waals surface area contributed by atoms with E-state index < -0.39 is 0 Å². The van der Waals surface area contributed by atoms with Crippen molar-refractivity contribution >= 4 is 43.4 Å². The summed E-state index contributed by atoms with van der Waals surface area (Å²) in [5.74, 6) is 0.547. The molecule has 0 bridgehead atoms. The molecular weight excluding hydrogens is 291 g/mol. The van der Waals surface area contributed by atoms with Crippen LogP contribution in [-0.2, 0) is 9.31 Å². The molecule has 1 aromatic rings. The molecule has 108 valence electrons. The Labute approximate surface area is 129 Å². The number of aldehydes is 1. The highest BCUT2D eigenvalue weighted by molar-refractivity contribution is 7.80. The van der Waals surface area contributed by atoms with Gasteiger partial charge in [0, 0.05) is 10.6 Å². The van der Waals surface area contributed by atoms with Crippen molar-refractivity contribution in [3.8, 4) is 0 Å². The predicted molar refractivity (Wildman–Crippen MR) is 87.6 cm³/mol. The van der Waals surface area contributed by atoms with Crippen molar-refractivity contribution in [2.24, 2.45) is 0 Å². The summed E-state index contributed by atoms with van der Waals surface area (Å²) < 4.78 is 12.0. The smallest absolute Gasteiger partial charge is 0.400 e. The predicted octanol–water partition coefficient (Wildman–Crippen LogP) is 3.51. The van der Waals surface area contributed by atoms with Crippen molar-refractivity contribution in [2.75, 3.05) is 5.75 Å². The number of carbonyl (C=O) groups is 1. The largest absolute Gasteiger partial charge is 0.491 e. The summed E-state index contributed by atoms with van der Waals surface area (Å²) >= 11 is 5.82. The third-order valence-electron chi connectivity index (χ3n) is 3.83. The SMILES string of the molecule is CC1(C)OB(C(=Cc2ccc(C=O)s2)CS)OC1(C)C. The normalized spacial score (nSPS) is 21.2. The van der Waals surface area contributed by atoms with Crippen LogP contribution in [0.2, 0.25) is 0 Å². The zero-order valence-electron chi connectivity index (χ0n) is 12.2. The molecule has 0 radical (unpaired) electrons. The minimum absolute atomic E-state index is 0.358.